The lowest BCUT2D eigenvalue weighted by molar-refractivity contribution is 0.0940. The van der Waals surface area contributed by atoms with Crippen LogP contribution < -0.4 is 14.8 Å². The molecule has 4 nitrogen and oxygen atoms in total. The second-order valence-corrected chi connectivity index (χ2v) is 6.36. The van der Waals surface area contributed by atoms with Gasteiger partial charge >= 0.3 is 0 Å². The molecule has 124 valence electrons. The Bertz CT molecular complexity index is 666. The Morgan fingerprint density at radius 1 is 1.22 bits per heavy atom. The highest BCUT2D eigenvalue weighted by Gasteiger charge is 2.15. The van der Waals surface area contributed by atoms with Crippen LogP contribution in [0.2, 0.25) is 0 Å². The minimum absolute atomic E-state index is 0.0501. The van der Waals surface area contributed by atoms with Crippen molar-refractivity contribution in [3.63, 3.8) is 0 Å². The monoisotopic (exact) mass is 333 g/mol. The van der Waals surface area contributed by atoms with Crippen LogP contribution >= 0.6 is 11.3 Å². The highest BCUT2D eigenvalue weighted by molar-refractivity contribution is 7.10. The first-order chi connectivity index (χ1) is 11.1. The van der Waals surface area contributed by atoms with Crippen molar-refractivity contribution in [2.45, 2.75) is 32.7 Å². The maximum absolute atomic E-state index is 12.4. The summed E-state index contributed by atoms with van der Waals surface area (Å²) in [6, 6.07) is 7.53. The molecule has 1 aromatic heterocycles. The Morgan fingerprint density at radius 2 is 1.96 bits per heavy atom. The highest BCUT2D eigenvalue weighted by atomic mass is 32.1. The molecule has 2 aromatic rings. The smallest absolute Gasteiger partial charge is 0.252 e. The molecule has 0 aliphatic heterocycles. The van der Waals surface area contributed by atoms with E-state index in [2.05, 4.69) is 12.2 Å². The molecule has 0 bridgehead atoms. The minimum atomic E-state index is -0.114. The van der Waals surface area contributed by atoms with E-state index in [4.69, 9.17) is 9.47 Å². The molecule has 0 saturated heterocycles. The summed E-state index contributed by atoms with van der Waals surface area (Å²) in [5.41, 5.74) is 1.70. The van der Waals surface area contributed by atoms with Crippen molar-refractivity contribution >= 4 is 17.2 Å². The number of benzene rings is 1. The number of nitrogens with one attached hydrogen (secondary N) is 1. The number of rotatable bonds is 7. The zero-order valence-corrected chi connectivity index (χ0v) is 14.8. The second kappa shape index (κ2) is 8.02. The first kappa shape index (κ1) is 17.3. The topological polar surface area (TPSA) is 47.6 Å². The van der Waals surface area contributed by atoms with E-state index in [1.807, 2.05) is 36.6 Å². The van der Waals surface area contributed by atoms with Gasteiger partial charge in [-0.15, -0.1) is 11.3 Å². The quantitative estimate of drug-likeness (QED) is 0.826. The molecular formula is C18H23NO3S. The van der Waals surface area contributed by atoms with Crippen molar-refractivity contribution in [2.24, 2.45) is 0 Å². The van der Waals surface area contributed by atoms with Gasteiger partial charge in [-0.05, 0) is 37.1 Å². The molecule has 5 heteroatoms. The van der Waals surface area contributed by atoms with Gasteiger partial charge in [-0.25, -0.2) is 0 Å². The number of methoxy groups -OCH3 is 2. The molecular weight excluding hydrogens is 310 g/mol. The Kier molecular flexibility index (Phi) is 6.04. The standard InChI is InChI=1S/C18H23NO3S/c1-5-6-15-9-14(11-23-15)18(20)19-12(2)13-7-8-16(21-3)17(10-13)22-4/h7-12H,5-6H2,1-4H3,(H,19,20)/t12-/m0/s1. The third-order valence-electron chi connectivity index (χ3n) is 3.67. The Morgan fingerprint density at radius 3 is 2.61 bits per heavy atom. The van der Waals surface area contributed by atoms with Crippen molar-refractivity contribution < 1.29 is 14.3 Å². The number of thiophene rings is 1. The normalized spacial score (nSPS) is 11.8. The fourth-order valence-electron chi connectivity index (χ4n) is 2.36. The molecule has 1 aromatic carbocycles. The van der Waals surface area contributed by atoms with Crippen LogP contribution in [0.15, 0.2) is 29.6 Å². The summed E-state index contributed by atoms with van der Waals surface area (Å²) in [7, 11) is 3.21. The Labute approximate surface area is 141 Å². The Balaban J connectivity index is 2.08. The van der Waals surface area contributed by atoms with Gasteiger partial charge < -0.3 is 14.8 Å². The van der Waals surface area contributed by atoms with Crippen molar-refractivity contribution in [3.8, 4) is 11.5 Å². The molecule has 1 N–H and O–H groups in total. The maximum Gasteiger partial charge on any atom is 0.252 e. The first-order valence-electron chi connectivity index (χ1n) is 7.69. The molecule has 23 heavy (non-hydrogen) atoms. The van der Waals surface area contributed by atoms with Crippen molar-refractivity contribution in [2.75, 3.05) is 14.2 Å². The van der Waals surface area contributed by atoms with Crippen LogP contribution in [0.5, 0.6) is 11.5 Å². The van der Waals surface area contributed by atoms with Crippen LogP contribution in [0.1, 0.15) is 47.1 Å². The van der Waals surface area contributed by atoms with Crippen molar-refractivity contribution in [1.29, 1.82) is 0 Å². The lowest BCUT2D eigenvalue weighted by Gasteiger charge is -2.16. The number of ether oxygens (including phenoxy) is 2. The summed E-state index contributed by atoms with van der Waals surface area (Å²) in [6.07, 6.45) is 2.10. The number of hydrogen-bond donors (Lipinski definition) is 1. The van der Waals surface area contributed by atoms with Gasteiger partial charge in [0, 0.05) is 10.3 Å². The molecule has 2 rings (SSSR count). The van der Waals surface area contributed by atoms with E-state index in [9.17, 15) is 4.79 Å². The SMILES string of the molecule is CCCc1cc(C(=O)N[C@@H](C)c2ccc(OC)c(OC)c2)cs1. The maximum atomic E-state index is 12.4. The predicted molar refractivity (Wildman–Crippen MR) is 93.7 cm³/mol. The number of amides is 1. The molecule has 0 fully saturated rings. The number of aryl methyl sites for hydroxylation is 1. The van der Waals surface area contributed by atoms with Gasteiger partial charge in [-0.3, -0.25) is 4.79 Å². The molecule has 0 saturated carbocycles. The minimum Gasteiger partial charge on any atom is -0.493 e. The van der Waals surface area contributed by atoms with Crippen molar-refractivity contribution in [3.05, 3.63) is 45.6 Å². The van der Waals surface area contributed by atoms with Gasteiger partial charge in [0.05, 0.1) is 25.8 Å². The molecule has 1 heterocycles. The van der Waals surface area contributed by atoms with Crippen LogP contribution in [-0.4, -0.2) is 20.1 Å². The molecule has 1 atom stereocenters. The third kappa shape index (κ3) is 4.26. The van der Waals surface area contributed by atoms with Gasteiger partial charge in [0.2, 0.25) is 0 Å². The summed E-state index contributed by atoms with van der Waals surface area (Å²) < 4.78 is 10.5. The zero-order valence-electron chi connectivity index (χ0n) is 14.0. The van der Waals surface area contributed by atoms with Crippen LogP contribution in [0, 0.1) is 0 Å². The van der Waals surface area contributed by atoms with E-state index in [0.717, 1.165) is 24.0 Å². The van der Waals surface area contributed by atoms with E-state index >= 15 is 0 Å². The lowest BCUT2D eigenvalue weighted by atomic mass is 10.1. The molecule has 0 radical (unpaired) electrons. The number of carbonyl (C=O) groups is 1. The number of hydrogen-bond acceptors (Lipinski definition) is 4. The van der Waals surface area contributed by atoms with Gasteiger partial charge in [0.15, 0.2) is 11.5 Å². The Hall–Kier alpha value is -2.01. The van der Waals surface area contributed by atoms with Gasteiger partial charge in [0.1, 0.15) is 0 Å². The fourth-order valence-corrected chi connectivity index (χ4v) is 3.33. The molecule has 0 unspecified atom stereocenters. The third-order valence-corrected chi connectivity index (χ3v) is 4.66. The number of carbonyl (C=O) groups excluding carboxylic acids is 1. The van der Waals surface area contributed by atoms with Crippen LogP contribution in [-0.2, 0) is 6.42 Å². The largest absolute Gasteiger partial charge is 0.493 e. The fraction of sp³-hybridized carbons (Fsp3) is 0.389. The van der Waals surface area contributed by atoms with E-state index in [1.54, 1.807) is 25.6 Å². The van der Waals surface area contributed by atoms with Gasteiger partial charge in [-0.1, -0.05) is 19.4 Å². The average molecular weight is 333 g/mol. The summed E-state index contributed by atoms with van der Waals surface area (Å²) in [5, 5.41) is 4.95. The molecule has 0 aliphatic carbocycles. The zero-order chi connectivity index (χ0) is 16.8. The second-order valence-electron chi connectivity index (χ2n) is 5.36. The van der Waals surface area contributed by atoms with Gasteiger partial charge in [-0.2, -0.15) is 0 Å². The van der Waals surface area contributed by atoms with E-state index in [0.29, 0.717) is 11.5 Å². The summed E-state index contributed by atoms with van der Waals surface area (Å²) in [5.74, 6) is 1.29. The van der Waals surface area contributed by atoms with Gasteiger partial charge in [0.25, 0.3) is 5.91 Å². The summed E-state index contributed by atoms with van der Waals surface area (Å²) in [6.45, 7) is 4.09. The van der Waals surface area contributed by atoms with Crippen LogP contribution in [0.4, 0.5) is 0 Å². The van der Waals surface area contributed by atoms with E-state index in [1.165, 1.54) is 4.88 Å². The van der Waals surface area contributed by atoms with Crippen LogP contribution in [0.25, 0.3) is 0 Å². The molecule has 0 spiro atoms. The van der Waals surface area contributed by atoms with Crippen molar-refractivity contribution in [1.82, 2.24) is 5.32 Å². The van der Waals surface area contributed by atoms with E-state index < -0.39 is 0 Å². The van der Waals surface area contributed by atoms with Crippen LogP contribution in [0.3, 0.4) is 0 Å². The average Bonchev–Trinajstić information content (AvgIpc) is 3.03. The molecule has 1 amide bonds. The lowest BCUT2D eigenvalue weighted by Crippen LogP contribution is -2.26. The first-order valence-corrected chi connectivity index (χ1v) is 8.57. The predicted octanol–water partition coefficient (Wildman–Crippen LogP) is 4.21. The molecule has 0 aliphatic rings. The summed E-state index contributed by atoms with van der Waals surface area (Å²) in [4.78, 5) is 13.6. The highest BCUT2D eigenvalue weighted by Crippen LogP contribution is 2.30. The van der Waals surface area contributed by atoms with E-state index in [-0.39, 0.29) is 11.9 Å². The summed E-state index contributed by atoms with van der Waals surface area (Å²) >= 11 is 1.64.